The maximum Gasteiger partial charge on any atom is 0.00359 e. The number of nitrogens with one attached hydrogen (secondary N) is 1. The predicted molar refractivity (Wildman–Crippen MR) is 77.9 cm³/mol. The van der Waals surface area contributed by atoms with Gasteiger partial charge in [-0.3, -0.25) is 0 Å². The second-order valence-corrected chi connectivity index (χ2v) is 6.72. The van der Waals surface area contributed by atoms with E-state index in [9.17, 15) is 0 Å². The fraction of sp³-hybridized carbons (Fsp3) is 1.00. The van der Waals surface area contributed by atoms with Gasteiger partial charge in [0.2, 0.25) is 0 Å². The highest BCUT2D eigenvalue weighted by Gasteiger charge is 2.32. The third-order valence-corrected chi connectivity index (χ3v) is 5.08. The molecule has 0 bridgehead atoms. The first kappa shape index (κ1) is 14.3. The van der Waals surface area contributed by atoms with Crippen molar-refractivity contribution in [2.45, 2.75) is 32.6 Å². The van der Waals surface area contributed by atoms with Gasteiger partial charge in [-0.1, -0.05) is 6.92 Å². The van der Waals surface area contributed by atoms with Crippen molar-refractivity contribution in [2.75, 3.05) is 53.4 Å². The van der Waals surface area contributed by atoms with Crippen LogP contribution in [0.25, 0.3) is 0 Å². The molecule has 0 saturated carbocycles. The van der Waals surface area contributed by atoms with Gasteiger partial charge in [-0.2, -0.15) is 0 Å². The Kier molecular flexibility index (Phi) is 5.05. The van der Waals surface area contributed by atoms with Crippen LogP contribution in [-0.4, -0.2) is 63.2 Å². The molecule has 18 heavy (non-hydrogen) atoms. The lowest BCUT2D eigenvalue weighted by atomic mass is 9.76. The fourth-order valence-electron chi connectivity index (χ4n) is 3.83. The zero-order chi connectivity index (χ0) is 13.0. The Morgan fingerprint density at radius 1 is 1.33 bits per heavy atom. The van der Waals surface area contributed by atoms with Crippen LogP contribution in [0.3, 0.4) is 0 Å². The minimum absolute atomic E-state index is 0.588. The molecule has 2 aliphatic rings. The number of hydrogen-bond acceptors (Lipinski definition) is 3. The van der Waals surface area contributed by atoms with Crippen LogP contribution >= 0.6 is 0 Å². The Morgan fingerprint density at radius 2 is 2.06 bits per heavy atom. The van der Waals surface area contributed by atoms with Gasteiger partial charge in [0, 0.05) is 19.6 Å². The maximum atomic E-state index is 3.50. The molecule has 2 rings (SSSR count). The van der Waals surface area contributed by atoms with E-state index in [0.29, 0.717) is 5.41 Å². The standard InChI is InChI=1S/C15H31N3/c1-4-15(6-8-16-9-7-15)13-18(3)12-14-5-10-17(2)11-14/h14,16H,4-13H2,1-3H3. The molecule has 1 unspecified atom stereocenters. The van der Waals surface area contributed by atoms with Gasteiger partial charge < -0.3 is 15.1 Å². The van der Waals surface area contributed by atoms with Gasteiger partial charge in [-0.15, -0.1) is 0 Å². The fourth-order valence-corrected chi connectivity index (χ4v) is 3.83. The topological polar surface area (TPSA) is 18.5 Å². The smallest absolute Gasteiger partial charge is 0.00359 e. The molecular weight excluding hydrogens is 222 g/mol. The number of nitrogens with zero attached hydrogens (tertiary/aromatic N) is 2. The first-order valence-electron chi connectivity index (χ1n) is 7.71. The van der Waals surface area contributed by atoms with Crippen molar-refractivity contribution in [1.82, 2.24) is 15.1 Å². The number of likely N-dealkylation sites (tertiary alicyclic amines) is 1. The molecular formula is C15H31N3. The molecule has 1 atom stereocenters. The molecule has 0 radical (unpaired) electrons. The van der Waals surface area contributed by atoms with Crippen LogP contribution in [0.1, 0.15) is 32.6 Å². The number of rotatable bonds is 5. The average Bonchev–Trinajstić information content (AvgIpc) is 2.75. The van der Waals surface area contributed by atoms with E-state index in [-0.39, 0.29) is 0 Å². The quantitative estimate of drug-likeness (QED) is 0.804. The van der Waals surface area contributed by atoms with Crippen LogP contribution < -0.4 is 5.32 Å². The normalized spacial score (nSPS) is 29.0. The zero-order valence-electron chi connectivity index (χ0n) is 12.5. The molecule has 2 fully saturated rings. The van der Waals surface area contributed by atoms with Crippen LogP contribution in [0.15, 0.2) is 0 Å². The summed E-state index contributed by atoms with van der Waals surface area (Å²) < 4.78 is 0. The van der Waals surface area contributed by atoms with Gasteiger partial charge in [-0.25, -0.2) is 0 Å². The third kappa shape index (κ3) is 3.69. The molecule has 0 aromatic rings. The summed E-state index contributed by atoms with van der Waals surface area (Å²) in [5, 5.41) is 3.50. The van der Waals surface area contributed by atoms with Crippen molar-refractivity contribution in [2.24, 2.45) is 11.3 Å². The Morgan fingerprint density at radius 3 is 2.61 bits per heavy atom. The SMILES string of the molecule is CCC1(CN(C)CC2CCN(C)C2)CCNCC1. The summed E-state index contributed by atoms with van der Waals surface area (Å²) in [6.45, 7) is 9.99. The summed E-state index contributed by atoms with van der Waals surface area (Å²) in [6.07, 6.45) is 5.45. The van der Waals surface area contributed by atoms with Crippen molar-refractivity contribution in [1.29, 1.82) is 0 Å². The monoisotopic (exact) mass is 253 g/mol. The average molecular weight is 253 g/mol. The first-order chi connectivity index (χ1) is 8.63. The van der Waals surface area contributed by atoms with Crippen molar-refractivity contribution in [3.63, 3.8) is 0 Å². The van der Waals surface area contributed by atoms with E-state index < -0.39 is 0 Å². The summed E-state index contributed by atoms with van der Waals surface area (Å²) in [7, 11) is 4.58. The number of hydrogen-bond donors (Lipinski definition) is 1. The Bertz CT molecular complexity index is 248. The van der Waals surface area contributed by atoms with Crippen LogP contribution in [0, 0.1) is 11.3 Å². The van der Waals surface area contributed by atoms with Crippen LogP contribution in [0.5, 0.6) is 0 Å². The molecule has 0 spiro atoms. The van der Waals surface area contributed by atoms with Gasteiger partial charge in [0.25, 0.3) is 0 Å². The van der Waals surface area contributed by atoms with Crippen molar-refractivity contribution < 1.29 is 0 Å². The van der Waals surface area contributed by atoms with Crippen molar-refractivity contribution >= 4 is 0 Å². The van der Waals surface area contributed by atoms with E-state index >= 15 is 0 Å². The van der Waals surface area contributed by atoms with Crippen molar-refractivity contribution in [3.05, 3.63) is 0 Å². The molecule has 1 N–H and O–H groups in total. The molecule has 3 heteroatoms. The van der Waals surface area contributed by atoms with Crippen molar-refractivity contribution in [3.8, 4) is 0 Å². The second-order valence-electron chi connectivity index (χ2n) is 6.72. The van der Waals surface area contributed by atoms with Gasteiger partial charge >= 0.3 is 0 Å². The number of piperidine rings is 1. The Balaban J connectivity index is 1.79. The molecule has 0 aromatic carbocycles. The molecule has 2 saturated heterocycles. The molecule has 3 nitrogen and oxygen atoms in total. The molecule has 106 valence electrons. The summed E-state index contributed by atoms with van der Waals surface area (Å²) in [5.74, 6) is 0.899. The third-order valence-electron chi connectivity index (χ3n) is 5.08. The first-order valence-corrected chi connectivity index (χ1v) is 7.71. The van der Waals surface area contributed by atoms with Crippen LogP contribution in [0.2, 0.25) is 0 Å². The van der Waals surface area contributed by atoms with Gasteiger partial charge in [-0.05, 0) is 70.7 Å². The highest BCUT2D eigenvalue weighted by atomic mass is 15.2. The lowest BCUT2D eigenvalue weighted by Crippen LogP contribution is -2.44. The summed E-state index contributed by atoms with van der Waals surface area (Å²) >= 11 is 0. The highest BCUT2D eigenvalue weighted by Crippen LogP contribution is 2.33. The van der Waals surface area contributed by atoms with E-state index in [4.69, 9.17) is 0 Å². The van der Waals surface area contributed by atoms with E-state index in [1.807, 2.05) is 0 Å². The van der Waals surface area contributed by atoms with E-state index in [1.165, 1.54) is 65.0 Å². The Hall–Kier alpha value is -0.120. The van der Waals surface area contributed by atoms with E-state index in [1.54, 1.807) is 0 Å². The van der Waals surface area contributed by atoms with Gasteiger partial charge in [0.1, 0.15) is 0 Å². The van der Waals surface area contributed by atoms with E-state index in [0.717, 1.165) is 5.92 Å². The minimum atomic E-state index is 0.588. The molecule has 2 heterocycles. The highest BCUT2D eigenvalue weighted by molar-refractivity contribution is 4.87. The van der Waals surface area contributed by atoms with Gasteiger partial charge in [0.15, 0.2) is 0 Å². The summed E-state index contributed by atoms with van der Waals surface area (Å²) in [4.78, 5) is 5.08. The molecule has 0 aromatic heterocycles. The predicted octanol–water partition coefficient (Wildman–Crippen LogP) is 1.65. The molecule has 2 aliphatic heterocycles. The van der Waals surface area contributed by atoms with E-state index in [2.05, 4.69) is 36.1 Å². The van der Waals surface area contributed by atoms with Crippen LogP contribution in [0.4, 0.5) is 0 Å². The van der Waals surface area contributed by atoms with Crippen LogP contribution in [-0.2, 0) is 0 Å². The largest absolute Gasteiger partial charge is 0.317 e. The lowest BCUT2D eigenvalue weighted by molar-refractivity contribution is 0.113. The molecule has 0 aliphatic carbocycles. The van der Waals surface area contributed by atoms with Gasteiger partial charge in [0.05, 0.1) is 0 Å². The molecule has 0 amide bonds. The minimum Gasteiger partial charge on any atom is -0.317 e. The maximum absolute atomic E-state index is 3.50. The summed E-state index contributed by atoms with van der Waals surface area (Å²) in [6, 6.07) is 0. The zero-order valence-corrected chi connectivity index (χ0v) is 12.5. The second kappa shape index (κ2) is 6.36. The lowest BCUT2D eigenvalue weighted by Gasteiger charge is -2.40. The Labute approximate surface area is 113 Å². The summed E-state index contributed by atoms with van der Waals surface area (Å²) in [5.41, 5.74) is 0.588.